The zero-order valence-electron chi connectivity index (χ0n) is 11.2. The van der Waals surface area contributed by atoms with E-state index in [4.69, 9.17) is 5.73 Å². The summed E-state index contributed by atoms with van der Waals surface area (Å²) in [5.74, 6) is 0. The first-order valence-electron chi connectivity index (χ1n) is 7.09. The van der Waals surface area contributed by atoms with Gasteiger partial charge < -0.3 is 10.6 Å². The third-order valence-electron chi connectivity index (χ3n) is 4.36. The summed E-state index contributed by atoms with van der Waals surface area (Å²) in [5, 5.41) is 0. The monoisotopic (exact) mass is 245 g/mol. The van der Waals surface area contributed by atoms with Crippen LogP contribution in [0.25, 0.3) is 0 Å². The normalized spacial score (nSPS) is 26.1. The number of nitrogens with zero attached hydrogens (tertiary/aromatic N) is 2. The molecule has 3 rings (SSSR count). The lowest BCUT2D eigenvalue weighted by molar-refractivity contribution is 0.231. The number of anilines is 1. The second-order valence-corrected chi connectivity index (χ2v) is 5.63. The lowest BCUT2D eigenvalue weighted by Crippen LogP contribution is -2.50. The number of rotatable bonds is 2. The van der Waals surface area contributed by atoms with E-state index < -0.39 is 0 Å². The molecule has 0 spiro atoms. The minimum Gasteiger partial charge on any atom is -0.368 e. The van der Waals surface area contributed by atoms with Crippen molar-refractivity contribution >= 4 is 5.69 Å². The molecule has 0 aliphatic carbocycles. The highest BCUT2D eigenvalue weighted by Gasteiger charge is 2.31. The Balaban J connectivity index is 1.82. The Morgan fingerprint density at radius 2 is 2.06 bits per heavy atom. The molecule has 2 aliphatic heterocycles. The molecule has 2 aliphatic rings. The zero-order chi connectivity index (χ0) is 12.5. The Labute approximate surface area is 110 Å². The molecule has 0 radical (unpaired) electrons. The largest absolute Gasteiger partial charge is 0.368 e. The first kappa shape index (κ1) is 12.0. The van der Waals surface area contributed by atoms with E-state index in [1.165, 1.54) is 43.7 Å². The van der Waals surface area contributed by atoms with Gasteiger partial charge in [0.05, 0.1) is 0 Å². The first-order valence-corrected chi connectivity index (χ1v) is 7.09. The van der Waals surface area contributed by atoms with Gasteiger partial charge in [-0.3, -0.25) is 4.90 Å². The van der Waals surface area contributed by atoms with Crippen molar-refractivity contribution in [3.8, 4) is 0 Å². The van der Waals surface area contributed by atoms with E-state index in [1.807, 2.05) is 0 Å². The fourth-order valence-corrected chi connectivity index (χ4v) is 3.37. The van der Waals surface area contributed by atoms with Crippen molar-refractivity contribution < 1.29 is 0 Å². The van der Waals surface area contributed by atoms with Crippen molar-refractivity contribution in [2.45, 2.75) is 31.8 Å². The molecule has 2 atom stereocenters. The van der Waals surface area contributed by atoms with Crippen LogP contribution in [0, 0.1) is 0 Å². The summed E-state index contributed by atoms with van der Waals surface area (Å²) < 4.78 is 0. The second-order valence-electron chi connectivity index (χ2n) is 5.63. The summed E-state index contributed by atoms with van der Waals surface area (Å²) in [6, 6.07) is 9.49. The average molecular weight is 245 g/mol. The van der Waals surface area contributed by atoms with Crippen LogP contribution in [0.5, 0.6) is 0 Å². The summed E-state index contributed by atoms with van der Waals surface area (Å²) in [6.07, 6.45) is 2.73. The zero-order valence-corrected chi connectivity index (χ0v) is 11.2. The fraction of sp³-hybridized carbons (Fsp3) is 0.600. The van der Waals surface area contributed by atoms with Gasteiger partial charge in [-0.05, 0) is 37.9 Å². The Kier molecular flexibility index (Phi) is 3.27. The Bertz CT molecular complexity index is 416. The van der Waals surface area contributed by atoms with E-state index in [-0.39, 0.29) is 6.04 Å². The number of hydrogen-bond acceptors (Lipinski definition) is 3. The average Bonchev–Trinajstić information content (AvgIpc) is 2.85. The first-order chi connectivity index (χ1) is 8.75. The lowest BCUT2D eigenvalue weighted by Gasteiger charge is -2.40. The van der Waals surface area contributed by atoms with Gasteiger partial charge in [0, 0.05) is 37.4 Å². The van der Waals surface area contributed by atoms with Gasteiger partial charge >= 0.3 is 0 Å². The van der Waals surface area contributed by atoms with Gasteiger partial charge in [-0.1, -0.05) is 18.2 Å². The van der Waals surface area contributed by atoms with Gasteiger partial charge in [0.2, 0.25) is 0 Å². The molecular weight excluding hydrogens is 222 g/mol. The van der Waals surface area contributed by atoms with Gasteiger partial charge in [0.15, 0.2) is 0 Å². The van der Waals surface area contributed by atoms with Crippen LogP contribution in [0.4, 0.5) is 5.69 Å². The quantitative estimate of drug-likeness (QED) is 0.865. The molecule has 98 valence electrons. The van der Waals surface area contributed by atoms with Crippen LogP contribution in [0.15, 0.2) is 24.3 Å². The van der Waals surface area contributed by atoms with Gasteiger partial charge in [-0.2, -0.15) is 0 Å². The van der Waals surface area contributed by atoms with E-state index in [9.17, 15) is 0 Å². The molecule has 0 amide bonds. The number of benzene rings is 1. The molecular formula is C15H23N3. The highest BCUT2D eigenvalue weighted by atomic mass is 15.3. The van der Waals surface area contributed by atoms with E-state index >= 15 is 0 Å². The minimum absolute atomic E-state index is 0.114. The lowest BCUT2D eigenvalue weighted by atomic mass is 10.0. The topological polar surface area (TPSA) is 32.5 Å². The van der Waals surface area contributed by atoms with E-state index in [1.54, 1.807) is 0 Å². The molecule has 2 saturated heterocycles. The van der Waals surface area contributed by atoms with Crippen LogP contribution in [-0.2, 0) is 0 Å². The van der Waals surface area contributed by atoms with Crippen LogP contribution >= 0.6 is 0 Å². The molecule has 3 nitrogen and oxygen atoms in total. The van der Waals surface area contributed by atoms with E-state index in [0.717, 1.165) is 12.6 Å². The Morgan fingerprint density at radius 3 is 2.89 bits per heavy atom. The maximum atomic E-state index is 6.09. The molecule has 0 aromatic heterocycles. The molecule has 2 fully saturated rings. The molecule has 2 N–H and O–H groups in total. The van der Waals surface area contributed by atoms with Crippen LogP contribution < -0.4 is 10.6 Å². The van der Waals surface area contributed by atoms with Crippen molar-refractivity contribution in [1.29, 1.82) is 0 Å². The molecule has 1 aromatic rings. The van der Waals surface area contributed by atoms with Crippen molar-refractivity contribution in [3.63, 3.8) is 0 Å². The summed E-state index contributed by atoms with van der Waals surface area (Å²) in [5.41, 5.74) is 8.72. The van der Waals surface area contributed by atoms with Gasteiger partial charge in [0.25, 0.3) is 0 Å². The Hall–Kier alpha value is -1.06. The van der Waals surface area contributed by atoms with Crippen molar-refractivity contribution in [1.82, 2.24) is 4.90 Å². The predicted molar refractivity (Wildman–Crippen MR) is 75.9 cm³/mol. The maximum absolute atomic E-state index is 6.09. The number of para-hydroxylation sites is 1. The van der Waals surface area contributed by atoms with Crippen molar-refractivity contribution in [2.75, 3.05) is 31.1 Å². The smallest absolute Gasteiger partial charge is 0.0415 e. The van der Waals surface area contributed by atoms with Gasteiger partial charge in [0.1, 0.15) is 0 Å². The third-order valence-corrected chi connectivity index (χ3v) is 4.36. The number of nitrogens with two attached hydrogens (primary N) is 1. The van der Waals surface area contributed by atoms with Crippen LogP contribution in [0.3, 0.4) is 0 Å². The second kappa shape index (κ2) is 4.90. The standard InChI is InChI=1S/C15H23N3/c1-12(16)14-6-2-3-7-15(14)18-10-9-17-8-4-5-13(17)11-18/h2-3,6-7,12-13H,4-5,8-11,16H2,1H3/t12-,13?/m1/s1. The van der Waals surface area contributed by atoms with Crippen molar-refractivity contribution in [3.05, 3.63) is 29.8 Å². The van der Waals surface area contributed by atoms with Gasteiger partial charge in [-0.25, -0.2) is 0 Å². The summed E-state index contributed by atoms with van der Waals surface area (Å²) in [4.78, 5) is 5.18. The van der Waals surface area contributed by atoms with Crippen LogP contribution in [0.1, 0.15) is 31.4 Å². The van der Waals surface area contributed by atoms with E-state index in [2.05, 4.69) is 41.0 Å². The highest BCUT2D eigenvalue weighted by Crippen LogP contribution is 2.29. The molecule has 3 heteroatoms. The predicted octanol–water partition coefficient (Wildman–Crippen LogP) is 1.99. The van der Waals surface area contributed by atoms with Gasteiger partial charge in [-0.15, -0.1) is 0 Å². The molecule has 0 saturated carbocycles. The number of piperazine rings is 1. The summed E-state index contributed by atoms with van der Waals surface area (Å²) in [6.45, 7) is 6.89. The molecule has 0 bridgehead atoms. The number of hydrogen-bond donors (Lipinski definition) is 1. The highest BCUT2D eigenvalue weighted by molar-refractivity contribution is 5.55. The van der Waals surface area contributed by atoms with Crippen molar-refractivity contribution in [2.24, 2.45) is 5.73 Å². The van der Waals surface area contributed by atoms with Crippen LogP contribution in [-0.4, -0.2) is 37.1 Å². The SMILES string of the molecule is C[C@@H](N)c1ccccc1N1CCN2CCCC2C1. The van der Waals surface area contributed by atoms with E-state index in [0.29, 0.717) is 0 Å². The summed E-state index contributed by atoms with van der Waals surface area (Å²) >= 11 is 0. The maximum Gasteiger partial charge on any atom is 0.0415 e. The molecule has 1 unspecified atom stereocenters. The Morgan fingerprint density at radius 1 is 1.22 bits per heavy atom. The summed E-state index contributed by atoms with van der Waals surface area (Å²) in [7, 11) is 0. The molecule has 18 heavy (non-hydrogen) atoms. The third kappa shape index (κ3) is 2.13. The minimum atomic E-state index is 0.114. The molecule has 1 aromatic carbocycles. The van der Waals surface area contributed by atoms with Crippen LogP contribution in [0.2, 0.25) is 0 Å². The molecule has 2 heterocycles. The fourth-order valence-electron chi connectivity index (χ4n) is 3.37. The number of fused-ring (bicyclic) bond motifs is 1.